The third-order valence-electron chi connectivity index (χ3n) is 14.2. The number of hydrogen-bond donors (Lipinski definition) is 0. The molecule has 9 aromatic rings. The van der Waals surface area contributed by atoms with Crippen molar-refractivity contribution in [2.24, 2.45) is 0 Å². The Morgan fingerprint density at radius 3 is 1.12 bits per heavy atom. The zero-order valence-corrected chi connectivity index (χ0v) is 39.7. The van der Waals surface area contributed by atoms with Crippen LogP contribution in [0.25, 0.3) is 77.7 Å². The van der Waals surface area contributed by atoms with Crippen molar-refractivity contribution in [3.05, 3.63) is 180 Å². The first-order chi connectivity index (χ1) is 30.8. The van der Waals surface area contributed by atoms with E-state index in [0.717, 1.165) is 83.5 Å². The molecule has 0 atom stereocenters. The zero-order valence-electron chi connectivity index (χ0n) is 39.7. The predicted molar refractivity (Wildman–Crippen MR) is 272 cm³/mol. The van der Waals surface area contributed by atoms with E-state index in [4.69, 9.17) is 0 Å². The number of nitrogens with zero attached hydrogens (tertiary/aromatic N) is 4. The molecule has 0 radical (unpaired) electrons. The maximum atomic E-state index is 16.0. The molecule has 0 amide bonds. The lowest BCUT2D eigenvalue weighted by atomic mass is 9.67. The summed E-state index contributed by atoms with van der Waals surface area (Å²) in [5.41, 5.74) is 21.3. The van der Waals surface area contributed by atoms with Crippen molar-refractivity contribution < 1.29 is 0 Å². The summed E-state index contributed by atoms with van der Waals surface area (Å²) in [5.74, 6) is 0. The molecule has 322 valence electrons. The summed E-state index contributed by atoms with van der Waals surface area (Å²) in [4.78, 5) is 32.0. The molecule has 0 N–H and O–H groups in total. The van der Waals surface area contributed by atoms with Crippen molar-refractivity contribution in [2.75, 3.05) is 0 Å². The van der Waals surface area contributed by atoms with E-state index in [1.807, 2.05) is 45.6 Å². The maximum Gasteiger partial charge on any atom is 0.462 e. The monoisotopic (exact) mass is 850 g/mol. The third kappa shape index (κ3) is 5.80. The van der Waals surface area contributed by atoms with Gasteiger partial charge < -0.3 is 0 Å². The molecule has 0 unspecified atom stereocenters. The Labute approximate surface area is 381 Å². The fourth-order valence-corrected chi connectivity index (χ4v) is 11.5. The van der Waals surface area contributed by atoms with Crippen LogP contribution in [0.1, 0.15) is 86.1 Å². The van der Waals surface area contributed by atoms with Crippen LogP contribution in [0.4, 0.5) is 0 Å². The highest BCUT2D eigenvalue weighted by Gasteiger charge is 2.51. The summed E-state index contributed by atoms with van der Waals surface area (Å²) in [7, 11) is 0. The Bertz CT molecular complexity index is 3380. The quantitative estimate of drug-likeness (QED) is 0.166. The average Bonchev–Trinajstić information content (AvgIpc) is 3.94. The second-order valence-corrected chi connectivity index (χ2v) is 21.0. The van der Waals surface area contributed by atoms with Gasteiger partial charge in [-0.15, -0.1) is 0 Å². The van der Waals surface area contributed by atoms with E-state index in [-0.39, 0.29) is 21.9 Å². The topological polar surface area (TPSA) is 53.9 Å². The fourth-order valence-electron chi connectivity index (χ4n) is 11.5. The van der Waals surface area contributed by atoms with E-state index < -0.39 is 6.98 Å². The van der Waals surface area contributed by atoms with Crippen molar-refractivity contribution in [1.29, 1.82) is 0 Å². The molecule has 0 fully saturated rings. The van der Waals surface area contributed by atoms with Gasteiger partial charge in [-0.3, -0.25) is 28.1 Å². The van der Waals surface area contributed by atoms with Gasteiger partial charge in [-0.05, 0) is 149 Å². The van der Waals surface area contributed by atoms with E-state index >= 15 is 9.59 Å². The summed E-state index contributed by atoms with van der Waals surface area (Å²) < 4.78 is 8.22. The normalized spacial score (nSPS) is 13.0. The molecule has 2 aromatic heterocycles. The molecule has 2 aliphatic rings. The highest BCUT2D eigenvalue weighted by molar-refractivity contribution is 6.75. The molecule has 4 heterocycles. The van der Waals surface area contributed by atoms with Gasteiger partial charge >= 0.3 is 6.98 Å². The minimum absolute atomic E-state index is 0.122. The summed E-state index contributed by atoms with van der Waals surface area (Å²) in [6.45, 7) is 25.8. The van der Waals surface area contributed by atoms with Crippen LogP contribution in [-0.2, 0) is 10.8 Å². The Hall–Kier alpha value is -6.86. The van der Waals surface area contributed by atoms with Crippen LogP contribution in [-0.4, -0.2) is 25.5 Å². The predicted octanol–water partition coefficient (Wildman–Crippen LogP) is 12.4. The summed E-state index contributed by atoms with van der Waals surface area (Å²) >= 11 is 0. The van der Waals surface area contributed by atoms with Gasteiger partial charge in [0.15, 0.2) is 0 Å². The third-order valence-corrected chi connectivity index (χ3v) is 14.2. The van der Waals surface area contributed by atoms with Gasteiger partial charge in [0, 0.05) is 16.6 Å². The van der Waals surface area contributed by atoms with Crippen molar-refractivity contribution in [1.82, 2.24) is 18.5 Å². The molecule has 7 aromatic carbocycles. The lowest BCUT2D eigenvalue weighted by molar-refractivity contribution is 0.590. The van der Waals surface area contributed by atoms with Gasteiger partial charge in [0.1, 0.15) is 0 Å². The number of rotatable bonds is 4. The lowest BCUT2D eigenvalue weighted by Crippen LogP contribution is -2.48. The molecule has 2 aliphatic heterocycles. The maximum absolute atomic E-state index is 16.0. The summed E-state index contributed by atoms with van der Waals surface area (Å²) in [5, 5.41) is 1.30. The molecule has 6 nitrogen and oxygen atoms in total. The number of aromatic nitrogens is 4. The van der Waals surface area contributed by atoms with Crippen LogP contribution in [0.3, 0.4) is 0 Å². The number of hydrogen-bond acceptors (Lipinski definition) is 2. The molecule has 0 saturated heterocycles. The van der Waals surface area contributed by atoms with E-state index in [1.165, 1.54) is 33.4 Å². The number of aryl methyl sites for hydroxylation is 6. The van der Waals surface area contributed by atoms with E-state index in [1.54, 1.807) is 0 Å². The summed E-state index contributed by atoms with van der Waals surface area (Å²) in [6, 6.07) is 40.9. The Morgan fingerprint density at radius 2 is 0.785 bits per heavy atom. The molecular formula is C58H55BN4O2. The summed E-state index contributed by atoms with van der Waals surface area (Å²) in [6.07, 6.45) is 0. The highest BCUT2D eigenvalue weighted by Crippen LogP contribution is 2.47. The van der Waals surface area contributed by atoms with Gasteiger partial charge in [0.05, 0.1) is 33.2 Å². The average molecular weight is 851 g/mol. The Balaban J connectivity index is 1.41. The molecule has 0 spiro atoms. The van der Waals surface area contributed by atoms with Crippen molar-refractivity contribution in [2.45, 2.75) is 93.9 Å². The standard InChI is InChI=1S/C58H55BN4O2/c1-32-23-34(3)48(35(4)24-32)44-31-45(49-36(5)25-33(2)26-37(49)6)54-52-53(44)60-46-29-40(57(7,8)9)27-42(38-19-15-13-16-20-38)50(46)55(64)62(60)59(52)63-56(65)51-43(39-21-17-14-18-22-39)28-41(58(10,11)12)30-47(51)61(54)63/h13-31H,1-12H3. The first kappa shape index (κ1) is 40.9. The van der Waals surface area contributed by atoms with Crippen molar-refractivity contribution in [3.8, 4) is 55.9 Å². The minimum Gasteiger partial charge on any atom is -0.268 e. The molecule has 7 heteroatoms. The zero-order chi connectivity index (χ0) is 45.8. The van der Waals surface area contributed by atoms with Crippen molar-refractivity contribution in [3.63, 3.8) is 0 Å². The van der Waals surface area contributed by atoms with E-state index in [0.29, 0.717) is 10.8 Å². The van der Waals surface area contributed by atoms with Crippen LogP contribution in [0, 0.1) is 41.5 Å². The van der Waals surface area contributed by atoms with Crippen LogP contribution < -0.4 is 16.6 Å². The van der Waals surface area contributed by atoms with Gasteiger partial charge in [0.25, 0.3) is 11.1 Å². The van der Waals surface area contributed by atoms with Crippen LogP contribution in [0.5, 0.6) is 0 Å². The van der Waals surface area contributed by atoms with Crippen LogP contribution in [0.2, 0.25) is 0 Å². The molecule has 65 heavy (non-hydrogen) atoms. The lowest BCUT2D eigenvalue weighted by Gasteiger charge is -2.24. The van der Waals surface area contributed by atoms with Gasteiger partial charge in [-0.1, -0.05) is 138 Å². The highest BCUT2D eigenvalue weighted by atomic mass is 16.1. The molecular weight excluding hydrogens is 795 g/mol. The fraction of sp³-hybridized carbons (Fsp3) is 0.241. The minimum atomic E-state index is -0.765. The SMILES string of the molecule is Cc1cc(C)c(-c2cc(-c3c(C)cc(C)cc3C)c3c4c2-n2c5cc(C(C)(C)C)cc(-c6ccccc6)c5c(=O)n2B4n2c(=O)c4c(-c5ccccc5)cc(C(C)(C)C)cc4n2-3)c(C)c1. The Morgan fingerprint density at radius 1 is 0.431 bits per heavy atom. The first-order valence-corrected chi connectivity index (χ1v) is 23.0. The molecule has 0 bridgehead atoms. The second-order valence-electron chi connectivity index (χ2n) is 21.0. The van der Waals surface area contributed by atoms with Crippen LogP contribution in [0.15, 0.2) is 125 Å². The largest absolute Gasteiger partial charge is 0.462 e. The van der Waals surface area contributed by atoms with Gasteiger partial charge in [-0.2, -0.15) is 0 Å². The van der Waals surface area contributed by atoms with Gasteiger partial charge in [-0.25, -0.2) is 0 Å². The molecule has 0 aliphatic carbocycles. The van der Waals surface area contributed by atoms with Crippen molar-refractivity contribution >= 4 is 34.3 Å². The second kappa shape index (κ2) is 13.8. The number of benzene rings is 7. The van der Waals surface area contributed by atoms with E-state index in [9.17, 15) is 0 Å². The number of fused-ring (bicyclic) bond motifs is 10. The van der Waals surface area contributed by atoms with Gasteiger partial charge in [0.2, 0.25) is 0 Å². The first-order valence-electron chi connectivity index (χ1n) is 23.0. The molecule has 0 saturated carbocycles. The molecule has 11 rings (SSSR count). The van der Waals surface area contributed by atoms with Crippen LogP contribution >= 0.6 is 0 Å². The smallest absolute Gasteiger partial charge is 0.268 e. The van der Waals surface area contributed by atoms with E-state index in [2.05, 4.69) is 171 Å². The Kier molecular flexibility index (Phi) is 8.70.